The summed E-state index contributed by atoms with van der Waals surface area (Å²) in [6, 6.07) is 2.14. The highest BCUT2D eigenvalue weighted by molar-refractivity contribution is 5.49. The predicted octanol–water partition coefficient (Wildman–Crippen LogP) is 1.89. The highest BCUT2D eigenvalue weighted by Crippen LogP contribution is 2.31. The molecule has 0 aliphatic rings. The molecule has 0 bridgehead atoms. The zero-order valence-electron chi connectivity index (χ0n) is 14.0. The fourth-order valence-corrected chi connectivity index (χ4v) is 2.43. The molecular formula is C16H29N3O. The zero-order chi connectivity index (χ0) is 15.4. The summed E-state index contributed by atoms with van der Waals surface area (Å²) in [6.07, 6.45) is 0. The van der Waals surface area contributed by atoms with Gasteiger partial charge in [0.1, 0.15) is 5.75 Å². The minimum atomic E-state index is 0.451. The van der Waals surface area contributed by atoms with Crippen LogP contribution >= 0.6 is 0 Å². The Morgan fingerprint density at radius 2 is 1.25 bits per heavy atom. The Balaban J connectivity index is 3.31. The highest BCUT2D eigenvalue weighted by Gasteiger charge is 2.16. The molecule has 0 spiro atoms. The number of hydrogen-bond donors (Lipinski definition) is 1. The van der Waals surface area contributed by atoms with Gasteiger partial charge in [-0.05, 0) is 66.4 Å². The van der Waals surface area contributed by atoms with E-state index in [1.807, 2.05) is 28.2 Å². The van der Waals surface area contributed by atoms with Crippen LogP contribution in [0.5, 0.6) is 5.75 Å². The van der Waals surface area contributed by atoms with E-state index in [1.165, 1.54) is 11.1 Å². The molecule has 0 atom stereocenters. The van der Waals surface area contributed by atoms with E-state index in [0.717, 1.165) is 30.8 Å². The van der Waals surface area contributed by atoms with Crippen LogP contribution in [0.25, 0.3) is 0 Å². The second kappa shape index (κ2) is 7.07. The fraction of sp³-hybridized carbons (Fsp3) is 0.625. The first-order chi connectivity index (χ1) is 9.22. The summed E-state index contributed by atoms with van der Waals surface area (Å²) in [7, 11) is 12.3. The van der Waals surface area contributed by atoms with Crippen molar-refractivity contribution in [2.24, 2.45) is 0 Å². The Morgan fingerprint density at radius 3 is 1.70 bits per heavy atom. The van der Waals surface area contributed by atoms with Crippen molar-refractivity contribution < 1.29 is 5.11 Å². The summed E-state index contributed by atoms with van der Waals surface area (Å²) >= 11 is 0. The van der Waals surface area contributed by atoms with Crippen LogP contribution in [0.2, 0.25) is 0 Å². The number of nitrogens with zero attached hydrogens (tertiary/aromatic N) is 3. The molecule has 0 aliphatic carbocycles. The minimum absolute atomic E-state index is 0.451. The van der Waals surface area contributed by atoms with Gasteiger partial charge in [-0.25, -0.2) is 0 Å². The molecule has 4 heteroatoms. The van der Waals surface area contributed by atoms with Crippen LogP contribution < -0.4 is 0 Å². The van der Waals surface area contributed by atoms with Gasteiger partial charge in [0.2, 0.25) is 0 Å². The lowest BCUT2D eigenvalue weighted by molar-refractivity contribution is 0.363. The monoisotopic (exact) mass is 279 g/mol. The topological polar surface area (TPSA) is 30.0 Å². The number of benzene rings is 1. The zero-order valence-corrected chi connectivity index (χ0v) is 14.0. The number of rotatable bonds is 6. The third-order valence-electron chi connectivity index (χ3n) is 3.32. The van der Waals surface area contributed by atoms with Gasteiger partial charge in [-0.15, -0.1) is 0 Å². The van der Waals surface area contributed by atoms with Crippen molar-refractivity contribution in [3.05, 3.63) is 28.3 Å². The van der Waals surface area contributed by atoms with Gasteiger partial charge in [0.05, 0.1) is 0 Å². The fourth-order valence-electron chi connectivity index (χ4n) is 2.43. The van der Waals surface area contributed by atoms with Crippen LogP contribution in [0.15, 0.2) is 6.07 Å². The van der Waals surface area contributed by atoms with E-state index in [-0.39, 0.29) is 0 Å². The first kappa shape index (κ1) is 17.0. The molecule has 114 valence electrons. The molecule has 1 N–H and O–H groups in total. The summed E-state index contributed by atoms with van der Waals surface area (Å²) in [5.74, 6) is 0.451. The molecule has 1 aromatic carbocycles. The SMILES string of the molecule is Cc1c(CN(C)C)cc(CN(C)C)c(O)c1CN(C)C. The maximum atomic E-state index is 10.6. The lowest BCUT2D eigenvalue weighted by Gasteiger charge is -2.22. The van der Waals surface area contributed by atoms with Gasteiger partial charge < -0.3 is 19.8 Å². The first-order valence-corrected chi connectivity index (χ1v) is 6.99. The second-order valence-electron chi connectivity index (χ2n) is 6.36. The van der Waals surface area contributed by atoms with Gasteiger partial charge >= 0.3 is 0 Å². The lowest BCUT2D eigenvalue weighted by Crippen LogP contribution is -2.18. The average Bonchev–Trinajstić information content (AvgIpc) is 2.29. The Hall–Kier alpha value is -1.10. The Labute approximate surface area is 123 Å². The van der Waals surface area contributed by atoms with E-state index in [1.54, 1.807) is 0 Å². The standard InChI is InChI=1S/C16H29N3O/c1-12-13(9-17(2)3)8-14(10-18(4)5)16(20)15(12)11-19(6)7/h8,20H,9-11H2,1-7H3. The lowest BCUT2D eigenvalue weighted by atomic mass is 9.96. The predicted molar refractivity (Wildman–Crippen MR) is 85.0 cm³/mol. The van der Waals surface area contributed by atoms with Gasteiger partial charge in [0.15, 0.2) is 0 Å². The first-order valence-electron chi connectivity index (χ1n) is 6.99. The molecule has 1 rings (SSSR count). The number of hydrogen-bond acceptors (Lipinski definition) is 4. The number of aromatic hydroxyl groups is 1. The molecule has 0 saturated carbocycles. The molecule has 0 aliphatic heterocycles. The Kier molecular flexibility index (Phi) is 5.99. The third kappa shape index (κ3) is 4.47. The van der Waals surface area contributed by atoms with Crippen molar-refractivity contribution in [2.75, 3.05) is 42.3 Å². The van der Waals surface area contributed by atoms with Crippen molar-refractivity contribution in [1.82, 2.24) is 14.7 Å². The van der Waals surface area contributed by atoms with Crippen molar-refractivity contribution in [3.8, 4) is 5.75 Å². The summed E-state index contributed by atoms with van der Waals surface area (Å²) < 4.78 is 0. The van der Waals surface area contributed by atoms with Crippen molar-refractivity contribution in [3.63, 3.8) is 0 Å². The van der Waals surface area contributed by atoms with Crippen LogP contribution in [-0.2, 0) is 19.6 Å². The Bertz CT molecular complexity index is 419. The molecule has 4 nitrogen and oxygen atoms in total. The highest BCUT2D eigenvalue weighted by atomic mass is 16.3. The molecule has 0 heterocycles. The summed E-state index contributed by atoms with van der Waals surface area (Å²) in [5, 5.41) is 10.6. The van der Waals surface area contributed by atoms with Crippen LogP contribution in [0, 0.1) is 6.92 Å². The van der Waals surface area contributed by atoms with Gasteiger partial charge in [-0.3, -0.25) is 0 Å². The Morgan fingerprint density at radius 1 is 0.800 bits per heavy atom. The normalized spacial score (nSPS) is 11.9. The maximum absolute atomic E-state index is 10.6. The van der Waals surface area contributed by atoms with Crippen molar-refractivity contribution >= 4 is 0 Å². The maximum Gasteiger partial charge on any atom is 0.124 e. The molecule has 0 saturated heterocycles. The van der Waals surface area contributed by atoms with E-state index in [2.05, 4.69) is 41.8 Å². The molecule has 1 aromatic rings. The quantitative estimate of drug-likeness (QED) is 0.861. The number of phenolic OH excluding ortho intramolecular Hbond substituents is 1. The molecule has 0 aromatic heterocycles. The molecule has 0 radical (unpaired) electrons. The van der Waals surface area contributed by atoms with E-state index in [0.29, 0.717) is 5.75 Å². The molecule has 20 heavy (non-hydrogen) atoms. The third-order valence-corrected chi connectivity index (χ3v) is 3.32. The van der Waals surface area contributed by atoms with Gasteiger partial charge in [-0.2, -0.15) is 0 Å². The average molecular weight is 279 g/mol. The molecule has 0 amide bonds. The van der Waals surface area contributed by atoms with E-state index >= 15 is 0 Å². The van der Waals surface area contributed by atoms with Gasteiger partial charge in [0.25, 0.3) is 0 Å². The van der Waals surface area contributed by atoms with Crippen molar-refractivity contribution in [1.29, 1.82) is 0 Å². The summed E-state index contributed by atoms with van der Waals surface area (Å²) in [6.45, 7) is 4.52. The van der Waals surface area contributed by atoms with Crippen molar-refractivity contribution in [2.45, 2.75) is 26.6 Å². The van der Waals surface area contributed by atoms with Crippen LogP contribution in [0.4, 0.5) is 0 Å². The van der Waals surface area contributed by atoms with E-state index < -0.39 is 0 Å². The second-order valence-corrected chi connectivity index (χ2v) is 6.36. The summed E-state index contributed by atoms with van der Waals surface area (Å²) in [5.41, 5.74) is 4.55. The largest absolute Gasteiger partial charge is 0.507 e. The summed E-state index contributed by atoms with van der Waals surface area (Å²) in [4.78, 5) is 6.35. The molecule has 0 fully saturated rings. The number of phenols is 1. The minimum Gasteiger partial charge on any atom is -0.507 e. The van der Waals surface area contributed by atoms with E-state index in [4.69, 9.17) is 0 Å². The molecule has 0 unspecified atom stereocenters. The van der Waals surface area contributed by atoms with E-state index in [9.17, 15) is 5.11 Å². The van der Waals surface area contributed by atoms with Crippen LogP contribution in [0.3, 0.4) is 0 Å². The van der Waals surface area contributed by atoms with Gasteiger partial charge in [0, 0.05) is 30.8 Å². The molecular weight excluding hydrogens is 250 g/mol. The van der Waals surface area contributed by atoms with Crippen LogP contribution in [-0.4, -0.2) is 62.1 Å². The van der Waals surface area contributed by atoms with Crippen LogP contribution in [0.1, 0.15) is 22.3 Å². The smallest absolute Gasteiger partial charge is 0.124 e. The van der Waals surface area contributed by atoms with Gasteiger partial charge in [-0.1, -0.05) is 0 Å².